The number of carbonyl (C=O) groups excluding carboxylic acids is 2. The number of halogens is 1. The molecule has 0 saturated carbocycles. The van der Waals surface area contributed by atoms with E-state index < -0.39 is 12.0 Å². The molecule has 0 bridgehead atoms. The lowest BCUT2D eigenvalue weighted by atomic mass is 9.94. The average Bonchev–Trinajstić information content (AvgIpc) is 3.17. The van der Waals surface area contributed by atoms with Gasteiger partial charge in [-0.05, 0) is 24.6 Å². The quantitative estimate of drug-likeness (QED) is 0.745. The Morgan fingerprint density at radius 2 is 1.72 bits per heavy atom. The van der Waals surface area contributed by atoms with Crippen LogP contribution >= 0.6 is 15.9 Å². The summed E-state index contributed by atoms with van der Waals surface area (Å²) in [6, 6.07) is 16.6. The van der Waals surface area contributed by atoms with Gasteiger partial charge in [0.2, 0.25) is 12.0 Å². The summed E-state index contributed by atoms with van der Waals surface area (Å²) >= 11 is 3.39. The molecule has 0 unspecified atom stereocenters. The third-order valence-electron chi connectivity index (χ3n) is 4.66. The van der Waals surface area contributed by atoms with E-state index in [2.05, 4.69) is 21.1 Å². The second-order valence-corrected chi connectivity index (χ2v) is 7.04. The first-order valence-corrected chi connectivity index (χ1v) is 8.78. The van der Waals surface area contributed by atoms with Gasteiger partial charge >= 0.3 is 0 Å². The number of hydrogen-bond donors (Lipinski definition) is 0. The summed E-state index contributed by atoms with van der Waals surface area (Å²) < 4.78 is 0.931. The number of likely N-dealkylation sites (tertiary alicyclic amines) is 1. The molecule has 0 aliphatic carbocycles. The SMILES string of the molecule is C[C@@H](c1ccccc1)N1C(=O)[C@H]2C(c3ccc(Br)cc3)=NO[C@H]2C1=O. The molecule has 0 spiro atoms. The summed E-state index contributed by atoms with van der Waals surface area (Å²) in [4.78, 5) is 32.4. The standard InChI is InChI=1S/C19H15BrN2O3/c1-11(12-5-3-2-4-6-12)22-18(23)15-16(21-25-17(15)19(22)24)13-7-9-14(20)10-8-13/h2-11,15,17H,1H3/t11-,15-,17+/m0/s1. The van der Waals surface area contributed by atoms with Crippen molar-refractivity contribution in [2.24, 2.45) is 11.1 Å². The lowest BCUT2D eigenvalue weighted by molar-refractivity contribution is -0.144. The summed E-state index contributed by atoms with van der Waals surface area (Å²) in [5.41, 5.74) is 2.20. The Labute approximate surface area is 153 Å². The third-order valence-corrected chi connectivity index (χ3v) is 5.18. The fraction of sp³-hybridized carbons (Fsp3) is 0.211. The molecular weight excluding hydrogens is 384 g/mol. The summed E-state index contributed by atoms with van der Waals surface area (Å²) in [5, 5.41) is 4.02. The van der Waals surface area contributed by atoms with E-state index in [0.29, 0.717) is 5.71 Å². The van der Waals surface area contributed by atoms with Crippen molar-refractivity contribution in [2.45, 2.75) is 19.1 Å². The van der Waals surface area contributed by atoms with Crippen molar-refractivity contribution in [1.29, 1.82) is 0 Å². The fourth-order valence-corrected chi connectivity index (χ4v) is 3.58. The lowest BCUT2D eigenvalue weighted by Gasteiger charge is -2.23. The van der Waals surface area contributed by atoms with Crippen LogP contribution in [0.2, 0.25) is 0 Å². The Morgan fingerprint density at radius 3 is 2.40 bits per heavy atom. The van der Waals surface area contributed by atoms with Crippen LogP contribution in [0.15, 0.2) is 64.2 Å². The Balaban J connectivity index is 1.65. The van der Waals surface area contributed by atoms with E-state index >= 15 is 0 Å². The molecule has 0 aromatic heterocycles. The zero-order valence-corrected chi connectivity index (χ0v) is 15.0. The maximum absolute atomic E-state index is 13.0. The van der Waals surface area contributed by atoms with E-state index in [1.807, 2.05) is 61.5 Å². The highest BCUT2D eigenvalue weighted by molar-refractivity contribution is 9.10. The van der Waals surface area contributed by atoms with Crippen molar-refractivity contribution >= 4 is 33.5 Å². The molecular formula is C19H15BrN2O3. The number of amides is 2. The Hall–Kier alpha value is -2.47. The van der Waals surface area contributed by atoms with Crippen molar-refractivity contribution < 1.29 is 14.4 Å². The van der Waals surface area contributed by atoms with E-state index in [1.165, 1.54) is 4.90 Å². The predicted molar refractivity (Wildman–Crippen MR) is 95.8 cm³/mol. The highest BCUT2D eigenvalue weighted by Crippen LogP contribution is 2.36. The van der Waals surface area contributed by atoms with Gasteiger partial charge in [0.25, 0.3) is 5.91 Å². The largest absolute Gasteiger partial charge is 0.381 e. The average molecular weight is 399 g/mol. The molecule has 0 radical (unpaired) electrons. The van der Waals surface area contributed by atoms with Gasteiger partial charge in [0.15, 0.2) is 0 Å². The van der Waals surface area contributed by atoms with Crippen LogP contribution in [0.3, 0.4) is 0 Å². The summed E-state index contributed by atoms with van der Waals surface area (Å²) in [7, 11) is 0. The van der Waals surface area contributed by atoms with E-state index in [-0.39, 0.29) is 17.9 Å². The monoisotopic (exact) mass is 398 g/mol. The highest BCUT2D eigenvalue weighted by Gasteiger charge is 2.56. The first-order valence-electron chi connectivity index (χ1n) is 7.99. The van der Waals surface area contributed by atoms with Crippen LogP contribution in [0, 0.1) is 5.92 Å². The van der Waals surface area contributed by atoms with Crippen LogP contribution in [0.5, 0.6) is 0 Å². The van der Waals surface area contributed by atoms with Gasteiger partial charge in [0, 0.05) is 10.0 Å². The van der Waals surface area contributed by atoms with Crippen LogP contribution in [0.25, 0.3) is 0 Å². The number of fused-ring (bicyclic) bond motifs is 1. The molecule has 5 nitrogen and oxygen atoms in total. The molecule has 3 atom stereocenters. The van der Waals surface area contributed by atoms with Crippen LogP contribution in [-0.4, -0.2) is 28.5 Å². The molecule has 2 aromatic carbocycles. The number of hydrogen-bond acceptors (Lipinski definition) is 4. The molecule has 4 rings (SSSR count). The topological polar surface area (TPSA) is 59.0 Å². The van der Waals surface area contributed by atoms with Gasteiger partial charge in [-0.15, -0.1) is 0 Å². The van der Waals surface area contributed by atoms with Gasteiger partial charge in [-0.1, -0.05) is 63.6 Å². The van der Waals surface area contributed by atoms with E-state index in [4.69, 9.17) is 4.84 Å². The number of imide groups is 1. The molecule has 2 aromatic rings. The normalized spacial score (nSPS) is 23.3. The summed E-state index contributed by atoms with van der Waals surface area (Å²) in [6.07, 6.45) is -0.864. The first-order chi connectivity index (χ1) is 12.1. The minimum absolute atomic E-state index is 0.259. The third kappa shape index (κ3) is 2.57. The van der Waals surface area contributed by atoms with Crippen molar-refractivity contribution in [3.8, 4) is 0 Å². The maximum atomic E-state index is 13.0. The number of oxime groups is 1. The van der Waals surface area contributed by atoms with E-state index in [9.17, 15) is 9.59 Å². The Kier molecular flexibility index (Phi) is 3.92. The van der Waals surface area contributed by atoms with Crippen LogP contribution in [0.4, 0.5) is 0 Å². The van der Waals surface area contributed by atoms with Crippen LogP contribution in [-0.2, 0) is 14.4 Å². The van der Waals surface area contributed by atoms with E-state index in [1.54, 1.807) is 0 Å². The number of nitrogens with zero attached hydrogens (tertiary/aromatic N) is 2. The molecule has 6 heteroatoms. The molecule has 1 saturated heterocycles. The number of carbonyl (C=O) groups is 2. The van der Waals surface area contributed by atoms with Gasteiger partial charge in [0.05, 0.1) is 6.04 Å². The fourth-order valence-electron chi connectivity index (χ4n) is 3.32. The zero-order valence-electron chi connectivity index (χ0n) is 13.4. The molecule has 1 fully saturated rings. The minimum atomic E-state index is -0.864. The number of benzene rings is 2. The van der Waals surface area contributed by atoms with Gasteiger partial charge in [-0.3, -0.25) is 14.5 Å². The van der Waals surface area contributed by atoms with Crippen molar-refractivity contribution in [3.63, 3.8) is 0 Å². The second-order valence-electron chi connectivity index (χ2n) is 6.12. The van der Waals surface area contributed by atoms with Gasteiger partial charge in [-0.2, -0.15) is 0 Å². The van der Waals surface area contributed by atoms with Crippen molar-refractivity contribution in [2.75, 3.05) is 0 Å². The lowest BCUT2D eigenvalue weighted by Crippen LogP contribution is -2.35. The molecule has 25 heavy (non-hydrogen) atoms. The van der Waals surface area contributed by atoms with Gasteiger partial charge < -0.3 is 4.84 Å². The minimum Gasteiger partial charge on any atom is -0.381 e. The van der Waals surface area contributed by atoms with Gasteiger partial charge in [0.1, 0.15) is 11.6 Å². The van der Waals surface area contributed by atoms with E-state index in [0.717, 1.165) is 15.6 Å². The summed E-state index contributed by atoms with van der Waals surface area (Å²) in [5.74, 6) is -1.27. The second kappa shape index (κ2) is 6.11. The first kappa shape index (κ1) is 16.0. The summed E-state index contributed by atoms with van der Waals surface area (Å²) in [6.45, 7) is 1.85. The number of rotatable bonds is 3. The van der Waals surface area contributed by atoms with Gasteiger partial charge in [-0.25, -0.2) is 0 Å². The molecule has 2 heterocycles. The van der Waals surface area contributed by atoms with Crippen molar-refractivity contribution in [1.82, 2.24) is 4.90 Å². The predicted octanol–water partition coefficient (Wildman–Crippen LogP) is 3.30. The van der Waals surface area contributed by atoms with Crippen LogP contribution in [0.1, 0.15) is 24.1 Å². The van der Waals surface area contributed by atoms with Crippen LogP contribution < -0.4 is 0 Å². The molecule has 126 valence electrons. The Bertz CT molecular complexity index is 864. The molecule has 2 amide bonds. The zero-order chi connectivity index (χ0) is 17.6. The highest BCUT2D eigenvalue weighted by atomic mass is 79.9. The van der Waals surface area contributed by atoms with Crippen molar-refractivity contribution in [3.05, 3.63) is 70.2 Å². The maximum Gasteiger partial charge on any atom is 0.274 e. The smallest absolute Gasteiger partial charge is 0.274 e. The Morgan fingerprint density at radius 1 is 1.04 bits per heavy atom. The molecule has 2 aliphatic rings. The molecule has 2 aliphatic heterocycles. The molecule has 0 N–H and O–H groups in total.